The summed E-state index contributed by atoms with van der Waals surface area (Å²) in [6.45, 7) is 2.04. The van der Waals surface area contributed by atoms with Gasteiger partial charge in [-0.05, 0) is 54.4 Å². The first-order chi connectivity index (χ1) is 15.4. The van der Waals surface area contributed by atoms with Crippen molar-refractivity contribution in [3.63, 3.8) is 0 Å². The number of anilines is 2. The molecule has 0 radical (unpaired) electrons. The number of ether oxygens (including phenoxy) is 1. The fourth-order valence-corrected chi connectivity index (χ4v) is 4.72. The van der Waals surface area contributed by atoms with Crippen molar-refractivity contribution in [1.29, 1.82) is 0 Å². The Labute approximate surface area is 204 Å². The highest BCUT2D eigenvalue weighted by Crippen LogP contribution is 2.47. The second-order valence-corrected chi connectivity index (χ2v) is 8.59. The van der Waals surface area contributed by atoms with Crippen molar-refractivity contribution in [2.24, 2.45) is 0 Å². The summed E-state index contributed by atoms with van der Waals surface area (Å²) in [4.78, 5) is 34.4. The number of nitrogens with one attached hydrogen (secondary N) is 2. The molecule has 7 nitrogen and oxygen atoms in total. The number of benzene rings is 3. The Morgan fingerprint density at radius 3 is 2.67 bits per heavy atom. The molecule has 0 saturated carbocycles. The lowest BCUT2D eigenvalue weighted by atomic mass is 9.84. The van der Waals surface area contributed by atoms with Crippen LogP contribution >= 0.6 is 28.3 Å². The van der Waals surface area contributed by atoms with E-state index in [1.54, 1.807) is 0 Å². The van der Waals surface area contributed by atoms with Gasteiger partial charge in [0.25, 0.3) is 5.91 Å². The van der Waals surface area contributed by atoms with Gasteiger partial charge in [-0.1, -0.05) is 46.3 Å². The molecule has 1 unspecified atom stereocenters. The number of carbonyl (C=O) groups is 2. The molecule has 0 spiro atoms. The first-order valence-corrected chi connectivity index (χ1v) is 10.8. The fraction of sp³-hybridized carbons (Fsp3) is 0.125. The van der Waals surface area contributed by atoms with Crippen molar-refractivity contribution in [3.8, 4) is 0 Å². The van der Waals surface area contributed by atoms with Gasteiger partial charge in [0, 0.05) is 15.7 Å². The Bertz CT molecular complexity index is 1390. The molecule has 5 rings (SSSR count). The molecule has 4 aromatic rings. The Morgan fingerprint density at radius 1 is 1.12 bits per heavy atom. The van der Waals surface area contributed by atoms with Crippen molar-refractivity contribution < 1.29 is 14.3 Å². The lowest BCUT2D eigenvalue weighted by molar-refractivity contribution is 0.0984. The number of nitrogens with zero attached hydrogens (tertiary/aromatic N) is 2. The molecule has 1 aliphatic rings. The monoisotopic (exact) mass is 526 g/mol. The van der Waals surface area contributed by atoms with Crippen molar-refractivity contribution in [1.82, 2.24) is 9.97 Å². The van der Waals surface area contributed by atoms with Crippen LogP contribution in [0.4, 0.5) is 16.4 Å². The van der Waals surface area contributed by atoms with Crippen LogP contribution < -0.4 is 10.2 Å². The lowest BCUT2D eigenvalue weighted by Crippen LogP contribution is -2.42. The van der Waals surface area contributed by atoms with E-state index in [4.69, 9.17) is 0 Å². The van der Waals surface area contributed by atoms with Crippen LogP contribution in [0.1, 0.15) is 28.4 Å². The van der Waals surface area contributed by atoms with Gasteiger partial charge in [0.2, 0.25) is 5.95 Å². The number of rotatable bonds is 3. The van der Waals surface area contributed by atoms with Crippen LogP contribution in [0.2, 0.25) is 0 Å². The van der Waals surface area contributed by atoms with E-state index in [1.165, 1.54) is 7.11 Å². The van der Waals surface area contributed by atoms with E-state index in [0.717, 1.165) is 26.8 Å². The molecule has 1 aromatic heterocycles. The predicted molar refractivity (Wildman–Crippen MR) is 133 cm³/mol. The van der Waals surface area contributed by atoms with Crippen molar-refractivity contribution in [2.75, 3.05) is 17.3 Å². The van der Waals surface area contributed by atoms with Crippen LogP contribution in [0.15, 0.2) is 71.2 Å². The van der Waals surface area contributed by atoms with Gasteiger partial charge in [0.1, 0.15) is 0 Å². The number of aromatic nitrogens is 2. The number of imidazole rings is 1. The van der Waals surface area contributed by atoms with Gasteiger partial charge in [-0.15, -0.1) is 12.4 Å². The number of hydrogen-bond acceptors (Lipinski definition) is 4. The molecule has 2 heterocycles. The van der Waals surface area contributed by atoms with Gasteiger partial charge in [-0.2, -0.15) is 0 Å². The number of hydrogen-bond donors (Lipinski definition) is 2. The number of aromatic amines is 1. The van der Waals surface area contributed by atoms with E-state index in [-0.39, 0.29) is 18.3 Å². The smallest absolute Gasteiger partial charge is 0.413 e. The van der Waals surface area contributed by atoms with E-state index in [1.807, 2.05) is 78.6 Å². The average Bonchev–Trinajstić information content (AvgIpc) is 3.29. The maximum Gasteiger partial charge on any atom is 0.413 e. The average molecular weight is 528 g/mol. The van der Waals surface area contributed by atoms with Gasteiger partial charge < -0.3 is 9.72 Å². The number of carbonyl (C=O) groups excluding carboxylic acids is 2. The quantitative estimate of drug-likeness (QED) is 0.350. The maximum absolute atomic E-state index is 13.5. The normalized spacial score (nSPS) is 16.9. The molecule has 2 N–H and O–H groups in total. The van der Waals surface area contributed by atoms with Crippen LogP contribution in [-0.2, 0) is 10.3 Å². The van der Waals surface area contributed by atoms with Crippen LogP contribution in [-0.4, -0.2) is 29.1 Å². The Balaban J connectivity index is 0.00000259. The minimum Gasteiger partial charge on any atom is -0.453 e. The zero-order valence-electron chi connectivity index (χ0n) is 17.8. The molecule has 0 saturated heterocycles. The maximum atomic E-state index is 13.5. The van der Waals surface area contributed by atoms with Crippen molar-refractivity contribution >= 4 is 63.0 Å². The third-order valence-electron chi connectivity index (χ3n) is 5.85. The summed E-state index contributed by atoms with van der Waals surface area (Å²) in [7, 11) is 1.29. The zero-order chi connectivity index (χ0) is 22.5. The number of amides is 2. The number of methoxy groups -OCH3 is 1. The third-order valence-corrected chi connectivity index (χ3v) is 6.34. The minimum atomic E-state index is -0.746. The lowest BCUT2D eigenvalue weighted by Gasteiger charge is -2.37. The standard InChI is InChI=1S/C24H19BrN4O3.ClH/c1-24(14-10-11-19-20(12-14)27-22(26-19)28-23(31)32-2)18-9-4-3-8-17(18)21(30)29(24)16-7-5-6-15(25)13-16;/h3-13H,1-2H3,(H2,26,27,28,31);1H. The molecule has 3 aromatic carbocycles. The summed E-state index contributed by atoms with van der Waals surface area (Å²) in [6.07, 6.45) is -0.604. The molecule has 33 heavy (non-hydrogen) atoms. The summed E-state index contributed by atoms with van der Waals surface area (Å²) >= 11 is 3.52. The van der Waals surface area contributed by atoms with E-state index < -0.39 is 11.6 Å². The summed E-state index contributed by atoms with van der Waals surface area (Å²) in [6, 6.07) is 21.2. The van der Waals surface area contributed by atoms with Gasteiger partial charge in [0.15, 0.2) is 0 Å². The summed E-state index contributed by atoms with van der Waals surface area (Å²) in [5.41, 5.74) is 3.99. The Morgan fingerprint density at radius 2 is 1.91 bits per heavy atom. The van der Waals surface area contributed by atoms with Crippen LogP contribution in [0.5, 0.6) is 0 Å². The number of fused-ring (bicyclic) bond motifs is 2. The second-order valence-electron chi connectivity index (χ2n) is 7.67. The molecular formula is C24H20BrClN4O3. The van der Waals surface area contributed by atoms with Gasteiger partial charge in [-0.25, -0.2) is 9.78 Å². The first kappa shape index (κ1) is 22.8. The van der Waals surface area contributed by atoms with Crippen molar-refractivity contribution in [2.45, 2.75) is 12.5 Å². The van der Waals surface area contributed by atoms with Crippen LogP contribution in [0, 0.1) is 0 Å². The molecule has 1 aliphatic heterocycles. The second kappa shape index (κ2) is 8.53. The minimum absolute atomic E-state index is 0. The van der Waals surface area contributed by atoms with Crippen molar-refractivity contribution in [3.05, 3.63) is 87.9 Å². The molecular weight excluding hydrogens is 508 g/mol. The first-order valence-electron chi connectivity index (χ1n) is 9.96. The third kappa shape index (κ3) is 3.65. The van der Waals surface area contributed by atoms with E-state index in [9.17, 15) is 9.59 Å². The molecule has 0 bridgehead atoms. The van der Waals surface area contributed by atoms with E-state index in [2.05, 4.69) is 36.0 Å². The summed E-state index contributed by atoms with van der Waals surface area (Å²) < 4.78 is 5.53. The molecule has 0 aliphatic carbocycles. The van der Waals surface area contributed by atoms with Gasteiger partial charge in [0.05, 0.1) is 23.7 Å². The highest BCUT2D eigenvalue weighted by atomic mass is 79.9. The molecule has 2 amide bonds. The molecule has 1 atom stereocenters. The van der Waals surface area contributed by atoms with Crippen LogP contribution in [0.3, 0.4) is 0 Å². The zero-order valence-corrected chi connectivity index (χ0v) is 20.2. The Kier molecular flexibility index (Phi) is 5.90. The molecule has 168 valence electrons. The SMILES string of the molecule is COC(=O)Nc1nc2ccc(C3(C)c4ccccc4C(=O)N3c3cccc(Br)c3)cc2[nH]1.Cl. The fourth-order valence-electron chi connectivity index (χ4n) is 4.33. The summed E-state index contributed by atoms with van der Waals surface area (Å²) in [5, 5.41) is 2.55. The van der Waals surface area contributed by atoms with E-state index in [0.29, 0.717) is 17.0 Å². The predicted octanol–water partition coefficient (Wildman–Crippen LogP) is 5.85. The van der Waals surface area contributed by atoms with Gasteiger partial charge in [-0.3, -0.25) is 15.0 Å². The molecule has 0 fully saturated rings. The highest BCUT2D eigenvalue weighted by molar-refractivity contribution is 9.10. The Hall–Kier alpha value is -3.36. The van der Waals surface area contributed by atoms with Crippen LogP contribution in [0.25, 0.3) is 11.0 Å². The van der Waals surface area contributed by atoms with E-state index >= 15 is 0 Å². The summed E-state index contributed by atoms with van der Waals surface area (Å²) in [5.74, 6) is 0.236. The highest BCUT2D eigenvalue weighted by Gasteiger charge is 2.48. The number of H-pyrrole nitrogens is 1. The van der Waals surface area contributed by atoms with Gasteiger partial charge >= 0.3 is 6.09 Å². The molecule has 9 heteroatoms. The number of halogens is 2. The topological polar surface area (TPSA) is 87.3 Å². The largest absolute Gasteiger partial charge is 0.453 e.